The number of nitrogens with zero attached hydrogens (tertiary/aromatic N) is 1. The van der Waals surface area contributed by atoms with Gasteiger partial charge in [-0.2, -0.15) is 0 Å². The summed E-state index contributed by atoms with van der Waals surface area (Å²) in [5, 5.41) is 0.462. The Balaban J connectivity index is 1.67. The van der Waals surface area contributed by atoms with Gasteiger partial charge in [-0.3, -0.25) is 0 Å². The van der Waals surface area contributed by atoms with Crippen LogP contribution in [0.15, 0.2) is 36.5 Å². The molecule has 0 spiro atoms. The number of carbonyl (C=O) groups excluding carboxylic acids is 1. The van der Waals surface area contributed by atoms with Gasteiger partial charge in [0.15, 0.2) is 0 Å². The lowest BCUT2D eigenvalue weighted by Gasteiger charge is -2.30. The molecule has 1 saturated heterocycles. The number of carbonyl (C=O) groups is 1. The molecule has 2 aliphatic rings. The van der Waals surface area contributed by atoms with Crippen LogP contribution in [0.5, 0.6) is 5.75 Å². The van der Waals surface area contributed by atoms with E-state index in [0.29, 0.717) is 17.3 Å². The van der Waals surface area contributed by atoms with Gasteiger partial charge in [0.2, 0.25) is 0 Å². The Morgan fingerprint density at radius 2 is 2.19 bits per heavy atom. The number of hydrogen-bond acceptors (Lipinski definition) is 4. The van der Waals surface area contributed by atoms with Gasteiger partial charge in [-0.05, 0) is 55.5 Å². The van der Waals surface area contributed by atoms with Gasteiger partial charge in [0.05, 0.1) is 0 Å². The third-order valence-corrected chi connectivity index (χ3v) is 5.63. The summed E-state index contributed by atoms with van der Waals surface area (Å²) in [5.74, 6) is 0.609. The first-order valence-corrected chi connectivity index (χ1v) is 9.09. The van der Waals surface area contributed by atoms with Crippen LogP contribution in [0.25, 0.3) is 0 Å². The maximum atomic E-state index is 12.0. The van der Waals surface area contributed by atoms with E-state index in [1.807, 2.05) is 13.0 Å². The molecule has 4 rings (SSSR count). The standard InChI is InChI=1S/C21H20ClNO3/c1-11-8-17(25-10-14-4-7-18(22)23-9-14)13(3)19-15(11)5-6-16-12(2)21(24)26-20(16)19/h4,7-9,16,20H,2,5-6,10H2,1,3H3/t16-,20+/m0/s1. The molecule has 0 bridgehead atoms. The van der Waals surface area contributed by atoms with Crippen molar-refractivity contribution in [2.75, 3.05) is 0 Å². The molecule has 1 aliphatic carbocycles. The molecule has 134 valence electrons. The summed E-state index contributed by atoms with van der Waals surface area (Å²) >= 11 is 5.83. The molecule has 1 fully saturated rings. The topological polar surface area (TPSA) is 48.4 Å². The van der Waals surface area contributed by atoms with Gasteiger partial charge < -0.3 is 9.47 Å². The van der Waals surface area contributed by atoms with Crippen LogP contribution in [-0.4, -0.2) is 11.0 Å². The van der Waals surface area contributed by atoms with E-state index in [1.165, 1.54) is 11.1 Å². The Morgan fingerprint density at radius 3 is 2.92 bits per heavy atom. The molecule has 4 nitrogen and oxygen atoms in total. The SMILES string of the molecule is C=C1C(=O)O[C@H]2c3c(C)c(OCc4ccc(Cl)nc4)cc(C)c3CC[C@@H]12. The minimum atomic E-state index is -0.275. The average molecular weight is 370 g/mol. The first-order chi connectivity index (χ1) is 12.5. The molecule has 1 aromatic heterocycles. The highest BCUT2D eigenvalue weighted by molar-refractivity contribution is 6.29. The van der Waals surface area contributed by atoms with Gasteiger partial charge in [-0.15, -0.1) is 0 Å². The molecule has 0 radical (unpaired) electrons. The quantitative estimate of drug-likeness (QED) is 0.449. The normalized spacial score (nSPS) is 21.2. The number of pyridine rings is 1. The Bertz CT molecular complexity index is 904. The van der Waals surface area contributed by atoms with Crippen LogP contribution in [0.4, 0.5) is 0 Å². The smallest absolute Gasteiger partial charge is 0.334 e. The van der Waals surface area contributed by atoms with Crippen molar-refractivity contribution in [1.82, 2.24) is 4.98 Å². The maximum Gasteiger partial charge on any atom is 0.334 e. The second-order valence-corrected chi connectivity index (χ2v) is 7.37. The number of ether oxygens (including phenoxy) is 2. The van der Waals surface area contributed by atoms with Crippen molar-refractivity contribution in [2.24, 2.45) is 5.92 Å². The molecule has 2 atom stereocenters. The number of esters is 1. The fourth-order valence-corrected chi connectivity index (χ4v) is 4.09. The summed E-state index contributed by atoms with van der Waals surface area (Å²) in [6.45, 7) is 8.45. The van der Waals surface area contributed by atoms with Crippen LogP contribution in [0, 0.1) is 19.8 Å². The van der Waals surface area contributed by atoms with Crippen LogP contribution in [-0.2, 0) is 22.6 Å². The molecule has 0 unspecified atom stereocenters. The minimum Gasteiger partial charge on any atom is -0.489 e. The van der Waals surface area contributed by atoms with Gasteiger partial charge in [-0.25, -0.2) is 9.78 Å². The molecular formula is C21H20ClNO3. The first-order valence-electron chi connectivity index (χ1n) is 8.71. The van der Waals surface area contributed by atoms with Crippen molar-refractivity contribution in [3.63, 3.8) is 0 Å². The summed E-state index contributed by atoms with van der Waals surface area (Å²) < 4.78 is 11.7. The zero-order chi connectivity index (χ0) is 18.4. The largest absolute Gasteiger partial charge is 0.489 e. The molecule has 0 amide bonds. The molecule has 0 saturated carbocycles. The van der Waals surface area contributed by atoms with E-state index in [0.717, 1.165) is 35.3 Å². The summed E-state index contributed by atoms with van der Waals surface area (Å²) in [7, 11) is 0. The number of hydrogen-bond donors (Lipinski definition) is 0. The molecule has 0 N–H and O–H groups in total. The monoisotopic (exact) mass is 369 g/mol. The zero-order valence-corrected chi connectivity index (χ0v) is 15.6. The molecule has 26 heavy (non-hydrogen) atoms. The average Bonchev–Trinajstić information content (AvgIpc) is 2.92. The molecule has 1 aromatic carbocycles. The fraction of sp³-hybridized carbons (Fsp3) is 0.333. The van der Waals surface area contributed by atoms with Gasteiger partial charge in [-0.1, -0.05) is 24.2 Å². The van der Waals surface area contributed by atoms with E-state index >= 15 is 0 Å². The van der Waals surface area contributed by atoms with Crippen molar-refractivity contribution < 1.29 is 14.3 Å². The van der Waals surface area contributed by atoms with Crippen LogP contribution in [0.2, 0.25) is 5.15 Å². The van der Waals surface area contributed by atoms with E-state index in [1.54, 1.807) is 12.3 Å². The van der Waals surface area contributed by atoms with E-state index in [-0.39, 0.29) is 18.0 Å². The van der Waals surface area contributed by atoms with Crippen molar-refractivity contribution in [2.45, 2.75) is 39.4 Å². The van der Waals surface area contributed by atoms with E-state index in [9.17, 15) is 4.79 Å². The summed E-state index contributed by atoms with van der Waals surface area (Å²) in [6.07, 6.45) is 3.30. The highest BCUT2D eigenvalue weighted by Crippen LogP contribution is 2.49. The minimum absolute atomic E-state index is 0.0730. The van der Waals surface area contributed by atoms with Crippen molar-refractivity contribution in [1.29, 1.82) is 0 Å². The van der Waals surface area contributed by atoms with E-state index in [4.69, 9.17) is 21.1 Å². The van der Waals surface area contributed by atoms with Gasteiger partial charge >= 0.3 is 5.97 Å². The molecule has 2 heterocycles. The number of rotatable bonds is 3. The first kappa shape index (κ1) is 17.1. The predicted molar refractivity (Wildman–Crippen MR) is 99.3 cm³/mol. The molecule has 2 aromatic rings. The van der Waals surface area contributed by atoms with E-state index < -0.39 is 0 Å². The Labute approximate surface area is 157 Å². The maximum absolute atomic E-state index is 12.0. The van der Waals surface area contributed by atoms with Crippen molar-refractivity contribution >= 4 is 17.6 Å². The van der Waals surface area contributed by atoms with Crippen LogP contribution >= 0.6 is 11.6 Å². The Kier molecular flexibility index (Phi) is 4.23. The van der Waals surface area contributed by atoms with Gasteiger partial charge in [0.1, 0.15) is 23.6 Å². The number of aromatic nitrogens is 1. The summed E-state index contributed by atoms with van der Waals surface area (Å²) in [5.41, 5.74) is 6.11. The van der Waals surface area contributed by atoms with Gasteiger partial charge in [0.25, 0.3) is 0 Å². The predicted octanol–water partition coefficient (Wildman–Crippen LogP) is 4.65. The Morgan fingerprint density at radius 1 is 1.38 bits per heavy atom. The third-order valence-electron chi connectivity index (χ3n) is 5.40. The second-order valence-electron chi connectivity index (χ2n) is 6.98. The number of halogens is 1. The lowest BCUT2D eigenvalue weighted by molar-refractivity contribution is -0.139. The van der Waals surface area contributed by atoms with Crippen LogP contribution in [0.1, 0.15) is 40.3 Å². The van der Waals surface area contributed by atoms with Gasteiger partial charge in [0, 0.05) is 28.8 Å². The van der Waals surface area contributed by atoms with Crippen LogP contribution < -0.4 is 4.74 Å². The van der Waals surface area contributed by atoms with E-state index in [2.05, 4.69) is 24.6 Å². The number of benzene rings is 1. The zero-order valence-electron chi connectivity index (χ0n) is 14.8. The second kappa shape index (κ2) is 6.44. The lowest BCUT2D eigenvalue weighted by Crippen LogP contribution is -2.20. The third kappa shape index (κ3) is 2.78. The summed E-state index contributed by atoms with van der Waals surface area (Å²) in [4.78, 5) is 16.1. The molecule has 1 aliphatic heterocycles. The van der Waals surface area contributed by atoms with Crippen molar-refractivity contribution in [3.05, 3.63) is 69.5 Å². The lowest BCUT2D eigenvalue weighted by atomic mass is 9.76. The molecular weight excluding hydrogens is 350 g/mol. The highest BCUT2D eigenvalue weighted by atomic mass is 35.5. The Hall–Kier alpha value is -2.33. The number of aryl methyl sites for hydroxylation is 1. The summed E-state index contributed by atoms with van der Waals surface area (Å²) in [6, 6.07) is 5.72. The number of fused-ring (bicyclic) bond motifs is 3. The molecule has 5 heteroatoms. The highest BCUT2D eigenvalue weighted by Gasteiger charge is 2.44. The fourth-order valence-electron chi connectivity index (χ4n) is 3.98. The van der Waals surface area contributed by atoms with Crippen molar-refractivity contribution in [3.8, 4) is 5.75 Å². The van der Waals surface area contributed by atoms with Crippen LogP contribution in [0.3, 0.4) is 0 Å².